The topological polar surface area (TPSA) is 160 Å². The summed E-state index contributed by atoms with van der Waals surface area (Å²) in [5, 5.41) is 23.0. The van der Waals surface area contributed by atoms with E-state index in [1.807, 2.05) is 128 Å². The van der Waals surface area contributed by atoms with Crippen LogP contribution in [0.15, 0.2) is 369 Å². The first kappa shape index (κ1) is 72.2. The Kier molecular flexibility index (Phi) is 21.2. The number of anilines is 6. The molecule has 0 saturated carbocycles. The number of fused-ring (bicyclic) bond motifs is 4. The number of aliphatic hydroxyl groups is 2. The third-order valence-electron chi connectivity index (χ3n) is 19.1. The summed E-state index contributed by atoms with van der Waals surface area (Å²) in [5.74, 6) is 1.60. The van der Waals surface area contributed by atoms with Gasteiger partial charge in [-0.1, -0.05) is 206 Å². The molecule has 2 N–H and O–H groups in total. The predicted octanol–water partition coefficient (Wildman–Crippen LogP) is 21.8. The Morgan fingerprint density at radius 1 is 0.309 bits per heavy atom. The van der Waals surface area contributed by atoms with Crippen LogP contribution in [-0.2, 0) is 0 Å². The summed E-state index contributed by atoms with van der Waals surface area (Å²) in [4.78, 5) is 41.9. The standard InChI is InChI=1S/C44H30N6.C26H18BrN3.C18H12BN3.C6H14O2/c1-3-14-34(15-4-1)49(42-21-11-13-31-12-7-8-18-37(31)42)36-25-22-32(23-26-36)40-29-47-41(30-46-40)33-24-27-39(45-28-33)44-48-38-19-9-10-20-43(38)50(44)35-16-5-2-6-17-35;27-26-18-28-24(17-29-26)20-13-15-22(16-14-20)30(21-9-2-1-3-10-21)25-12-6-8-19-7-4-5-11-23(19)25;19-13-10-11-16(20-12-13)18-21-15-8-4-5-9-17(15)22(18)14-6-2-1-3-7-14;1-5(2,7)6(3,4)8/h1-30H;1-18H;1-12H;7-8H,1-4H3. The summed E-state index contributed by atoms with van der Waals surface area (Å²) in [6.07, 6.45) is 10.6. The number of nitrogens with zero attached hydrogens (tertiary/aromatic N) is 12. The normalized spacial score (nSPS) is 11.3. The lowest BCUT2D eigenvalue weighted by molar-refractivity contribution is -0.107. The van der Waals surface area contributed by atoms with Crippen LogP contribution in [0.4, 0.5) is 34.1 Å². The molecule has 14 nitrogen and oxygen atoms in total. The molecule has 12 aromatic carbocycles. The van der Waals surface area contributed by atoms with Crippen LogP contribution in [0.5, 0.6) is 0 Å². The van der Waals surface area contributed by atoms with E-state index in [0.717, 1.165) is 129 Å². The van der Waals surface area contributed by atoms with Gasteiger partial charge in [0.2, 0.25) is 0 Å². The summed E-state index contributed by atoms with van der Waals surface area (Å²) >= 11 is 3.34. The number of benzene rings is 12. The molecule has 110 heavy (non-hydrogen) atoms. The summed E-state index contributed by atoms with van der Waals surface area (Å²) in [6, 6.07) is 112. The van der Waals surface area contributed by atoms with Gasteiger partial charge in [-0.25, -0.2) is 15.0 Å². The van der Waals surface area contributed by atoms with Crippen molar-refractivity contribution in [2.45, 2.75) is 38.9 Å². The second-order valence-corrected chi connectivity index (χ2v) is 28.0. The molecule has 532 valence electrons. The Labute approximate surface area is 648 Å². The van der Waals surface area contributed by atoms with Gasteiger partial charge in [0.05, 0.1) is 86.5 Å². The van der Waals surface area contributed by atoms with Crippen LogP contribution < -0.4 is 15.3 Å². The zero-order valence-corrected chi connectivity index (χ0v) is 62.4. The highest BCUT2D eigenvalue weighted by Gasteiger charge is 2.32. The lowest BCUT2D eigenvalue weighted by Gasteiger charge is -2.31. The van der Waals surface area contributed by atoms with Gasteiger partial charge in [0.15, 0.2) is 11.6 Å². The van der Waals surface area contributed by atoms with E-state index < -0.39 is 11.2 Å². The second-order valence-electron chi connectivity index (χ2n) is 27.2. The number of aromatic nitrogens is 10. The van der Waals surface area contributed by atoms with Crippen LogP contribution in [0, 0.1) is 0 Å². The molecule has 0 bridgehead atoms. The van der Waals surface area contributed by atoms with E-state index in [1.54, 1.807) is 46.3 Å². The van der Waals surface area contributed by atoms with E-state index in [0.29, 0.717) is 5.46 Å². The fourth-order valence-electron chi connectivity index (χ4n) is 12.8. The average molecular weight is 1490 g/mol. The summed E-state index contributed by atoms with van der Waals surface area (Å²) < 4.78 is 5.00. The van der Waals surface area contributed by atoms with Crippen molar-refractivity contribution in [2.75, 3.05) is 9.80 Å². The molecule has 0 aliphatic rings. The van der Waals surface area contributed by atoms with Crippen LogP contribution in [0.2, 0.25) is 0 Å². The molecule has 0 fully saturated rings. The van der Waals surface area contributed by atoms with Crippen molar-refractivity contribution in [3.8, 4) is 68.2 Å². The zero-order valence-electron chi connectivity index (χ0n) is 60.9. The molecule has 0 aliphatic carbocycles. The summed E-state index contributed by atoms with van der Waals surface area (Å²) in [7, 11) is 5.74. The lowest BCUT2D eigenvalue weighted by atomic mass is 9.90. The van der Waals surface area contributed by atoms with Crippen LogP contribution >= 0.6 is 15.9 Å². The van der Waals surface area contributed by atoms with Gasteiger partial charge in [-0.15, -0.1) is 0 Å². The minimum Gasteiger partial charge on any atom is -0.387 e. The number of hydrogen-bond donors (Lipinski definition) is 2. The predicted molar refractivity (Wildman–Crippen MR) is 453 cm³/mol. The largest absolute Gasteiger partial charge is 0.387 e. The van der Waals surface area contributed by atoms with E-state index >= 15 is 0 Å². The van der Waals surface area contributed by atoms with Gasteiger partial charge in [0.25, 0.3) is 0 Å². The SMILES string of the molecule is Brc1cnc(-c2ccc(N(c3ccccc3)c3cccc4ccccc34)cc2)cn1.CC(C)(O)C(C)(C)O.[B]c1ccc(-c2nc3ccccc3n2-c2ccccc2)nc1.c1ccc(N(c2ccc(-c3cnc(-c4ccc(-c5nc6ccccc6n5-c5ccccc5)nc4)cn3)cc2)c2cccc3ccccc23)cc1. The molecule has 6 aromatic heterocycles. The first-order valence-corrected chi connectivity index (χ1v) is 36.8. The molecule has 18 aromatic rings. The molecule has 16 heteroatoms. The molecular formula is C94H74BBrN12O2. The molecule has 0 saturated heterocycles. The fourth-order valence-corrected chi connectivity index (χ4v) is 13.0. The molecular weight excluding hydrogens is 1420 g/mol. The highest BCUT2D eigenvalue weighted by Crippen LogP contribution is 2.42. The molecule has 18 rings (SSSR count). The van der Waals surface area contributed by atoms with E-state index in [9.17, 15) is 0 Å². The van der Waals surface area contributed by atoms with Crippen LogP contribution in [0.1, 0.15) is 27.7 Å². The Hall–Kier alpha value is -13.4. The number of rotatable bonds is 14. The highest BCUT2D eigenvalue weighted by molar-refractivity contribution is 9.10. The minimum absolute atomic E-state index is 0.645. The van der Waals surface area contributed by atoms with Gasteiger partial charge in [0.1, 0.15) is 23.8 Å². The van der Waals surface area contributed by atoms with Crippen LogP contribution in [-0.4, -0.2) is 78.3 Å². The first-order valence-electron chi connectivity index (χ1n) is 36.0. The molecule has 0 amide bonds. The van der Waals surface area contributed by atoms with E-state index in [-0.39, 0.29) is 0 Å². The Morgan fingerprint density at radius 2 is 0.655 bits per heavy atom. The Balaban J connectivity index is 0.000000135. The third kappa shape index (κ3) is 16.0. The number of hydrogen-bond acceptors (Lipinski definition) is 12. The number of halogens is 1. The van der Waals surface area contributed by atoms with Crippen LogP contribution in [0.25, 0.3) is 112 Å². The van der Waals surface area contributed by atoms with Crippen molar-refractivity contribution >= 4 is 107 Å². The van der Waals surface area contributed by atoms with Gasteiger partial charge in [-0.3, -0.25) is 34.1 Å². The van der Waals surface area contributed by atoms with E-state index in [1.165, 1.54) is 21.5 Å². The van der Waals surface area contributed by atoms with Crippen molar-refractivity contribution in [3.63, 3.8) is 0 Å². The Morgan fingerprint density at radius 3 is 1.05 bits per heavy atom. The number of pyridine rings is 2. The maximum absolute atomic E-state index is 9.10. The highest BCUT2D eigenvalue weighted by atomic mass is 79.9. The quantitative estimate of drug-likeness (QED) is 0.0994. The monoisotopic (exact) mass is 1490 g/mol. The molecule has 0 atom stereocenters. The maximum atomic E-state index is 9.10. The van der Waals surface area contributed by atoms with Crippen LogP contribution in [0.3, 0.4) is 0 Å². The Bertz CT molecular complexity index is 6090. The number of imidazole rings is 2. The average Bonchev–Trinajstić information content (AvgIpc) is 1.32. The van der Waals surface area contributed by atoms with Gasteiger partial charge < -0.3 is 20.0 Å². The smallest absolute Gasteiger partial charge is 0.164 e. The van der Waals surface area contributed by atoms with E-state index in [2.05, 4.69) is 268 Å². The van der Waals surface area contributed by atoms with Crippen molar-refractivity contribution in [1.29, 1.82) is 0 Å². The molecule has 6 heterocycles. The van der Waals surface area contributed by atoms with Gasteiger partial charge >= 0.3 is 0 Å². The van der Waals surface area contributed by atoms with Crippen molar-refractivity contribution in [1.82, 2.24) is 49.0 Å². The van der Waals surface area contributed by atoms with Gasteiger partial charge in [-0.05, 0) is 182 Å². The summed E-state index contributed by atoms with van der Waals surface area (Å²) in [6.45, 7) is 6.31. The number of para-hydroxylation sites is 8. The minimum atomic E-state index is -1.01. The molecule has 0 aliphatic heterocycles. The third-order valence-corrected chi connectivity index (χ3v) is 19.5. The first-order chi connectivity index (χ1) is 53.7. The molecule has 0 unspecified atom stereocenters. The maximum Gasteiger partial charge on any atom is 0.164 e. The molecule has 2 radical (unpaired) electrons. The van der Waals surface area contributed by atoms with Gasteiger partial charge in [-0.2, -0.15) is 0 Å². The van der Waals surface area contributed by atoms with Gasteiger partial charge in [0, 0.05) is 74.0 Å². The van der Waals surface area contributed by atoms with Crippen molar-refractivity contribution in [3.05, 3.63) is 369 Å². The summed E-state index contributed by atoms with van der Waals surface area (Å²) in [5.41, 5.74) is 18.2. The second kappa shape index (κ2) is 32.4. The van der Waals surface area contributed by atoms with E-state index in [4.69, 9.17) is 43.0 Å². The lowest BCUT2D eigenvalue weighted by Crippen LogP contribution is -2.44. The van der Waals surface area contributed by atoms with Crippen molar-refractivity contribution in [2.24, 2.45) is 0 Å². The zero-order chi connectivity index (χ0) is 75.6. The molecule has 0 spiro atoms. The van der Waals surface area contributed by atoms with Crippen molar-refractivity contribution < 1.29 is 10.2 Å². The fraction of sp³-hybridized carbons (Fsp3) is 0.0638.